The minimum Gasteiger partial charge on any atom is -0.295 e. The largest absolute Gasteiger partial charge is 0.295 e. The number of halogens is 2. The van der Waals surface area contributed by atoms with Crippen LogP contribution < -0.4 is 0 Å². The molecule has 0 aliphatic heterocycles. The van der Waals surface area contributed by atoms with Gasteiger partial charge in [-0.3, -0.25) is 4.79 Å². The van der Waals surface area contributed by atoms with E-state index in [1.54, 1.807) is 19.1 Å². The van der Waals surface area contributed by atoms with Crippen molar-refractivity contribution in [3.63, 3.8) is 0 Å². The van der Waals surface area contributed by atoms with Gasteiger partial charge in [0.2, 0.25) is 0 Å². The van der Waals surface area contributed by atoms with Gasteiger partial charge in [-0.05, 0) is 24.6 Å². The lowest BCUT2D eigenvalue weighted by Crippen LogP contribution is -1.92. The molecule has 0 heterocycles. The first-order valence-electron chi connectivity index (χ1n) is 5.15. The van der Waals surface area contributed by atoms with Gasteiger partial charge in [0.05, 0.1) is 10.0 Å². The first kappa shape index (κ1) is 12.2. The number of benzene rings is 2. The molecule has 2 aromatic carbocycles. The maximum Gasteiger partial charge on any atom is 0.159 e. The summed E-state index contributed by atoms with van der Waals surface area (Å²) < 4.78 is 0. The Kier molecular flexibility index (Phi) is 3.51. The average Bonchev–Trinajstić information content (AvgIpc) is 2.33. The fraction of sp³-hybridized carbons (Fsp3) is 0.0714. The molecule has 1 nitrogen and oxygen atoms in total. The van der Waals surface area contributed by atoms with E-state index >= 15 is 0 Å². The molecular formula is C14H10Cl2O. The molecule has 0 saturated heterocycles. The van der Waals surface area contributed by atoms with Crippen LogP contribution in [0, 0.1) is 0 Å². The van der Waals surface area contributed by atoms with E-state index in [-0.39, 0.29) is 5.78 Å². The van der Waals surface area contributed by atoms with Crippen molar-refractivity contribution in [3.05, 3.63) is 58.1 Å². The lowest BCUT2D eigenvalue weighted by molar-refractivity contribution is 0.101. The SMILES string of the molecule is CC(=O)c1cccc(-c2cccc(Cl)c2Cl)c1. The van der Waals surface area contributed by atoms with Crippen LogP contribution in [-0.4, -0.2) is 5.78 Å². The highest BCUT2D eigenvalue weighted by Crippen LogP contribution is 2.33. The molecule has 0 amide bonds. The monoisotopic (exact) mass is 264 g/mol. The second-order valence-electron chi connectivity index (χ2n) is 3.74. The zero-order chi connectivity index (χ0) is 12.4. The summed E-state index contributed by atoms with van der Waals surface area (Å²) >= 11 is 12.1. The van der Waals surface area contributed by atoms with E-state index in [2.05, 4.69) is 0 Å². The summed E-state index contributed by atoms with van der Waals surface area (Å²) in [6, 6.07) is 12.8. The highest BCUT2D eigenvalue weighted by Gasteiger charge is 2.08. The Balaban J connectivity index is 2.57. The van der Waals surface area contributed by atoms with Crippen LogP contribution >= 0.6 is 23.2 Å². The van der Waals surface area contributed by atoms with E-state index in [9.17, 15) is 4.79 Å². The zero-order valence-corrected chi connectivity index (χ0v) is 10.7. The number of hydrogen-bond donors (Lipinski definition) is 0. The topological polar surface area (TPSA) is 17.1 Å². The van der Waals surface area contributed by atoms with Gasteiger partial charge in [-0.2, -0.15) is 0 Å². The van der Waals surface area contributed by atoms with Crippen molar-refractivity contribution in [2.45, 2.75) is 6.92 Å². The van der Waals surface area contributed by atoms with Crippen molar-refractivity contribution < 1.29 is 4.79 Å². The normalized spacial score (nSPS) is 10.3. The molecule has 0 aromatic heterocycles. The summed E-state index contributed by atoms with van der Waals surface area (Å²) in [4.78, 5) is 11.3. The summed E-state index contributed by atoms with van der Waals surface area (Å²) in [7, 11) is 0. The van der Waals surface area contributed by atoms with Gasteiger partial charge < -0.3 is 0 Å². The van der Waals surface area contributed by atoms with E-state index in [0.717, 1.165) is 11.1 Å². The van der Waals surface area contributed by atoms with E-state index < -0.39 is 0 Å². The van der Waals surface area contributed by atoms with Crippen molar-refractivity contribution in [1.29, 1.82) is 0 Å². The molecule has 0 saturated carbocycles. The van der Waals surface area contributed by atoms with Crippen molar-refractivity contribution in [3.8, 4) is 11.1 Å². The van der Waals surface area contributed by atoms with Gasteiger partial charge in [-0.1, -0.05) is 53.5 Å². The van der Waals surface area contributed by atoms with Crippen LogP contribution in [0.2, 0.25) is 10.0 Å². The third-order valence-corrected chi connectivity index (χ3v) is 3.35. The van der Waals surface area contributed by atoms with Crippen LogP contribution in [0.5, 0.6) is 0 Å². The fourth-order valence-electron chi connectivity index (χ4n) is 1.63. The predicted octanol–water partition coefficient (Wildman–Crippen LogP) is 4.86. The molecule has 0 aliphatic rings. The molecule has 2 aromatic rings. The molecule has 17 heavy (non-hydrogen) atoms. The maximum atomic E-state index is 11.3. The van der Waals surface area contributed by atoms with Crippen LogP contribution in [0.15, 0.2) is 42.5 Å². The molecule has 0 atom stereocenters. The van der Waals surface area contributed by atoms with Crippen molar-refractivity contribution >= 4 is 29.0 Å². The molecule has 86 valence electrons. The molecule has 0 radical (unpaired) electrons. The second-order valence-corrected chi connectivity index (χ2v) is 4.52. The molecule has 2 rings (SSSR count). The molecule has 3 heteroatoms. The minimum absolute atomic E-state index is 0.0324. The van der Waals surface area contributed by atoms with Gasteiger partial charge in [0.15, 0.2) is 5.78 Å². The summed E-state index contributed by atoms with van der Waals surface area (Å²) in [6.07, 6.45) is 0. The lowest BCUT2D eigenvalue weighted by Gasteiger charge is -2.07. The van der Waals surface area contributed by atoms with Crippen molar-refractivity contribution in [2.75, 3.05) is 0 Å². The van der Waals surface area contributed by atoms with Crippen molar-refractivity contribution in [1.82, 2.24) is 0 Å². The van der Waals surface area contributed by atoms with Gasteiger partial charge in [-0.25, -0.2) is 0 Å². The summed E-state index contributed by atoms with van der Waals surface area (Å²) in [5, 5.41) is 1.02. The molecule has 0 aliphatic carbocycles. The van der Waals surface area contributed by atoms with Crippen LogP contribution in [0.4, 0.5) is 0 Å². The van der Waals surface area contributed by atoms with E-state index in [1.165, 1.54) is 0 Å². The fourth-order valence-corrected chi connectivity index (χ4v) is 2.04. The average molecular weight is 265 g/mol. The van der Waals surface area contributed by atoms with Crippen LogP contribution in [0.25, 0.3) is 11.1 Å². The molecule has 0 unspecified atom stereocenters. The quantitative estimate of drug-likeness (QED) is 0.708. The molecular weight excluding hydrogens is 255 g/mol. The highest BCUT2D eigenvalue weighted by atomic mass is 35.5. The lowest BCUT2D eigenvalue weighted by atomic mass is 10.0. The van der Waals surface area contributed by atoms with E-state index in [0.29, 0.717) is 15.6 Å². The third kappa shape index (κ3) is 2.51. The summed E-state index contributed by atoms with van der Waals surface area (Å²) in [5.74, 6) is 0.0324. The second kappa shape index (κ2) is 4.91. The standard InChI is InChI=1S/C14H10Cl2O/c1-9(17)10-4-2-5-11(8-10)12-6-3-7-13(15)14(12)16/h2-8H,1H3. The van der Waals surface area contributed by atoms with Crippen LogP contribution in [-0.2, 0) is 0 Å². The molecule has 0 spiro atoms. The molecule has 0 fully saturated rings. The van der Waals surface area contributed by atoms with Gasteiger partial charge in [-0.15, -0.1) is 0 Å². The van der Waals surface area contributed by atoms with Gasteiger partial charge in [0.1, 0.15) is 0 Å². The van der Waals surface area contributed by atoms with Gasteiger partial charge in [0.25, 0.3) is 0 Å². The van der Waals surface area contributed by atoms with E-state index in [1.807, 2.05) is 30.3 Å². The number of hydrogen-bond acceptors (Lipinski definition) is 1. The summed E-state index contributed by atoms with van der Waals surface area (Å²) in [5.41, 5.74) is 2.39. The smallest absolute Gasteiger partial charge is 0.159 e. The molecule has 0 bridgehead atoms. The number of ketones is 1. The first-order chi connectivity index (χ1) is 8.09. The third-order valence-electron chi connectivity index (χ3n) is 2.53. The Bertz CT molecular complexity index is 576. The minimum atomic E-state index is 0.0324. The maximum absolute atomic E-state index is 11.3. The Morgan fingerprint density at radius 3 is 2.47 bits per heavy atom. The number of carbonyl (C=O) groups is 1. The van der Waals surface area contributed by atoms with Crippen LogP contribution in [0.3, 0.4) is 0 Å². The highest BCUT2D eigenvalue weighted by molar-refractivity contribution is 6.43. The Labute approximate surface area is 110 Å². The zero-order valence-electron chi connectivity index (χ0n) is 9.21. The van der Waals surface area contributed by atoms with Crippen molar-refractivity contribution in [2.24, 2.45) is 0 Å². The Morgan fingerprint density at radius 2 is 1.76 bits per heavy atom. The molecule has 0 N–H and O–H groups in total. The Hall–Kier alpha value is -1.31. The summed E-state index contributed by atoms with van der Waals surface area (Å²) in [6.45, 7) is 1.54. The number of carbonyl (C=O) groups excluding carboxylic acids is 1. The van der Waals surface area contributed by atoms with E-state index in [4.69, 9.17) is 23.2 Å². The first-order valence-corrected chi connectivity index (χ1v) is 5.90. The van der Waals surface area contributed by atoms with Gasteiger partial charge >= 0.3 is 0 Å². The number of Topliss-reactive ketones (excluding diaryl/α,β-unsaturated/α-hetero) is 1. The number of rotatable bonds is 2. The van der Waals surface area contributed by atoms with Gasteiger partial charge in [0, 0.05) is 11.1 Å². The Morgan fingerprint density at radius 1 is 1.06 bits per heavy atom. The predicted molar refractivity (Wildman–Crippen MR) is 71.9 cm³/mol. The van der Waals surface area contributed by atoms with Crippen LogP contribution in [0.1, 0.15) is 17.3 Å².